The van der Waals surface area contributed by atoms with E-state index in [0.29, 0.717) is 6.54 Å². The van der Waals surface area contributed by atoms with Gasteiger partial charge in [-0.25, -0.2) is 6.29 Å². The SMILES string of the molecule is CCCN(C)CCN(C[C-]=O)CC(C)=O.[Mo]. The minimum absolute atomic E-state index is 0. The van der Waals surface area contributed by atoms with E-state index in [1.807, 2.05) is 18.2 Å². The van der Waals surface area contributed by atoms with E-state index in [2.05, 4.69) is 11.8 Å². The maximum absolute atomic E-state index is 10.9. The van der Waals surface area contributed by atoms with Crippen LogP contribution in [0.15, 0.2) is 0 Å². The molecule has 0 spiro atoms. The first-order valence-corrected chi connectivity index (χ1v) is 5.35. The van der Waals surface area contributed by atoms with Gasteiger partial charge in [0.15, 0.2) is 0 Å². The average Bonchev–Trinajstić information content (AvgIpc) is 2.14. The van der Waals surface area contributed by atoms with Crippen LogP contribution < -0.4 is 0 Å². The van der Waals surface area contributed by atoms with Gasteiger partial charge >= 0.3 is 0 Å². The quantitative estimate of drug-likeness (QED) is 0.454. The van der Waals surface area contributed by atoms with Crippen LogP contribution >= 0.6 is 0 Å². The maximum Gasteiger partial charge on any atom is 0.143 e. The first kappa shape index (κ1) is 18.3. The molecule has 0 N–H and O–H groups in total. The molecule has 0 radical (unpaired) electrons. The summed E-state index contributed by atoms with van der Waals surface area (Å²) in [6.45, 7) is 6.89. The van der Waals surface area contributed by atoms with Crippen LogP contribution in [0.5, 0.6) is 0 Å². The molecule has 0 amide bonds. The first-order chi connectivity index (χ1) is 7.10. The molecule has 0 aromatic carbocycles. The summed E-state index contributed by atoms with van der Waals surface area (Å²) in [7, 11) is 2.04. The summed E-state index contributed by atoms with van der Waals surface area (Å²) in [5.74, 6) is 0.0865. The normalized spacial score (nSPS) is 10.3. The number of rotatable bonds is 9. The largest absolute Gasteiger partial charge is 0.541 e. The molecule has 0 aliphatic rings. The number of likely N-dealkylation sites (N-methyl/N-ethyl adjacent to an activating group) is 1. The molecular weight excluding hydrogens is 288 g/mol. The smallest absolute Gasteiger partial charge is 0.143 e. The number of nitrogens with zero attached hydrogens (tertiary/aromatic N) is 2. The molecule has 0 saturated heterocycles. The van der Waals surface area contributed by atoms with Gasteiger partial charge in [0.2, 0.25) is 0 Å². The van der Waals surface area contributed by atoms with Crippen LogP contribution in [0, 0.1) is 0 Å². The number of carbonyl (C=O) groups is 1. The summed E-state index contributed by atoms with van der Waals surface area (Å²) in [5, 5.41) is 0. The van der Waals surface area contributed by atoms with Crippen molar-refractivity contribution in [3.05, 3.63) is 0 Å². The van der Waals surface area contributed by atoms with E-state index < -0.39 is 0 Å². The molecule has 94 valence electrons. The zero-order valence-corrected chi connectivity index (χ0v) is 12.4. The topological polar surface area (TPSA) is 40.6 Å². The molecule has 0 atom stereocenters. The zero-order chi connectivity index (χ0) is 11.7. The second kappa shape index (κ2) is 11.4. The molecule has 0 aliphatic heterocycles. The Morgan fingerprint density at radius 3 is 2.31 bits per heavy atom. The summed E-state index contributed by atoms with van der Waals surface area (Å²) in [6.07, 6.45) is 2.95. The Kier molecular flexibility index (Phi) is 13.1. The van der Waals surface area contributed by atoms with Crippen LogP contribution in [0.4, 0.5) is 0 Å². The van der Waals surface area contributed by atoms with Crippen LogP contribution in [0.3, 0.4) is 0 Å². The van der Waals surface area contributed by atoms with Gasteiger partial charge < -0.3 is 14.6 Å². The van der Waals surface area contributed by atoms with E-state index in [4.69, 9.17) is 0 Å². The second-order valence-corrected chi connectivity index (χ2v) is 3.86. The van der Waals surface area contributed by atoms with E-state index in [1.54, 1.807) is 0 Å². The number of carbonyl (C=O) groups excluding carboxylic acids is 2. The molecule has 0 heterocycles. The van der Waals surface area contributed by atoms with Gasteiger partial charge in [-0.3, -0.25) is 4.79 Å². The van der Waals surface area contributed by atoms with Crippen molar-refractivity contribution < 1.29 is 30.7 Å². The Labute approximate surface area is 113 Å². The van der Waals surface area contributed by atoms with Crippen LogP contribution in [0.1, 0.15) is 20.3 Å². The standard InChI is InChI=1S/C11H21N2O2.Mo/c1-4-5-12(3)6-7-13(8-9-14)10-11(2)15;/h4-8,10H2,1-3H3;/q-1;. The van der Waals surface area contributed by atoms with Crippen molar-refractivity contribution in [3.63, 3.8) is 0 Å². The summed E-state index contributed by atoms with van der Waals surface area (Å²) in [6, 6.07) is 0. The summed E-state index contributed by atoms with van der Waals surface area (Å²) in [4.78, 5) is 25.2. The molecule has 0 unspecified atom stereocenters. The van der Waals surface area contributed by atoms with E-state index >= 15 is 0 Å². The third-order valence-corrected chi connectivity index (χ3v) is 2.14. The minimum atomic E-state index is 0. The molecule has 0 fully saturated rings. The van der Waals surface area contributed by atoms with Crippen molar-refractivity contribution in [2.75, 3.05) is 39.8 Å². The van der Waals surface area contributed by atoms with Gasteiger partial charge in [-0.05, 0) is 26.9 Å². The maximum atomic E-state index is 10.9. The Balaban J connectivity index is 0. The van der Waals surface area contributed by atoms with Gasteiger partial charge in [0.05, 0.1) is 6.54 Å². The number of hydrogen-bond acceptors (Lipinski definition) is 4. The van der Waals surface area contributed by atoms with Gasteiger partial charge in [-0.15, -0.1) is 0 Å². The molecule has 0 aliphatic carbocycles. The molecular formula is C11H21MoN2O2-. The molecule has 0 aromatic rings. The molecule has 0 aromatic heterocycles. The third-order valence-electron chi connectivity index (χ3n) is 2.14. The van der Waals surface area contributed by atoms with E-state index in [1.165, 1.54) is 6.92 Å². The fourth-order valence-electron chi connectivity index (χ4n) is 1.43. The third kappa shape index (κ3) is 10.5. The molecule has 5 heteroatoms. The average molecular weight is 309 g/mol. The Morgan fingerprint density at radius 2 is 1.88 bits per heavy atom. The van der Waals surface area contributed by atoms with Crippen molar-refractivity contribution >= 4 is 12.1 Å². The summed E-state index contributed by atoms with van der Waals surface area (Å²) >= 11 is 0. The van der Waals surface area contributed by atoms with Crippen LogP contribution in [-0.4, -0.2) is 61.6 Å². The molecule has 0 bridgehead atoms. The number of ketones is 1. The van der Waals surface area contributed by atoms with Crippen molar-refractivity contribution in [2.45, 2.75) is 20.3 Å². The second-order valence-electron chi connectivity index (χ2n) is 3.86. The van der Waals surface area contributed by atoms with Gasteiger partial charge in [-0.1, -0.05) is 13.5 Å². The Morgan fingerprint density at radius 1 is 1.25 bits per heavy atom. The fraction of sp³-hybridized carbons (Fsp3) is 0.818. The van der Waals surface area contributed by atoms with E-state index in [0.717, 1.165) is 26.1 Å². The Hall–Kier alpha value is -0.0517. The van der Waals surface area contributed by atoms with Crippen molar-refractivity contribution in [2.24, 2.45) is 0 Å². The number of Topliss-reactive ketones (excluding diaryl/α,β-unsaturated/α-hetero) is 1. The van der Waals surface area contributed by atoms with Crippen LogP contribution in [0.25, 0.3) is 0 Å². The van der Waals surface area contributed by atoms with Crippen molar-refractivity contribution in [1.29, 1.82) is 0 Å². The predicted molar refractivity (Wildman–Crippen MR) is 60.6 cm³/mol. The monoisotopic (exact) mass is 311 g/mol. The van der Waals surface area contributed by atoms with Crippen molar-refractivity contribution in [3.8, 4) is 0 Å². The van der Waals surface area contributed by atoms with Gasteiger partial charge in [0.1, 0.15) is 5.78 Å². The van der Waals surface area contributed by atoms with Gasteiger partial charge in [0, 0.05) is 34.2 Å². The summed E-state index contributed by atoms with van der Waals surface area (Å²) < 4.78 is 0. The molecule has 4 nitrogen and oxygen atoms in total. The van der Waals surface area contributed by atoms with Crippen LogP contribution in [0.2, 0.25) is 0 Å². The predicted octanol–water partition coefficient (Wildman–Crippen LogP) is 0.326. The van der Waals surface area contributed by atoms with E-state index in [-0.39, 0.29) is 33.4 Å². The van der Waals surface area contributed by atoms with Crippen LogP contribution in [-0.2, 0) is 30.7 Å². The summed E-state index contributed by atoms with van der Waals surface area (Å²) in [5.41, 5.74) is 0. The number of hydrogen-bond donors (Lipinski definition) is 0. The van der Waals surface area contributed by atoms with E-state index in [9.17, 15) is 9.59 Å². The molecule has 16 heavy (non-hydrogen) atoms. The minimum Gasteiger partial charge on any atom is -0.541 e. The molecule has 0 rings (SSSR count). The fourth-order valence-corrected chi connectivity index (χ4v) is 1.43. The molecule has 0 saturated carbocycles. The zero-order valence-electron chi connectivity index (χ0n) is 10.4. The Bertz CT molecular complexity index is 200. The van der Waals surface area contributed by atoms with Gasteiger partial charge in [-0.2, -0.15) is 0 Å². The van der Waals surface area contributed by atoms with Crippen molar-refractivity contribution in [1.82, 2.24) is 9.80 Å². The van der Waals surface area contributed by atoms with Gasteiger partial charge in [0.25, 0.3) is 0 Å². The first-order valence-electron chi connectivity index (χ1n) is 5.35.